The first-order valence-electron chi connectivity index (χ1n) is 8.71. The largest absolute Gasteiger partial charge is 0.433 e. The molecule has 0 aliphatic carbocycles. The molecule has 1 aliphatic heterocycles. The molecule has 0 spiro atoms. The lowest BCUT2D eigenvalue weighted by atomic mass is 10.1. The highest BCUT2D eigenvalue weighted by Gasteiger charge is 2.35. The molecule has 1 unspecified atom stereocenters. The molecule has 10 heteroatoms. The Kier molecular flexibility index (Phi) is 4.91. The molecular weight excluding hydrogens is 406 g/mol. The summed E-state index contributed by atoms with van der Waals surface area (Å²) in [7, 11) is 0. The maximum atomic E-state index is 12.9. The summed E-state index contributed by atoms with van der Waals surface area (Å²) in [6.45, 7) is 1.04. The van der Waals surface area contributed by atoms with Gasteiger partial charge in [0.05, 0.1) is 17.8 Å². The molecule has 4 rings (SSSR count). The third-order valence-electron chi connectivity index (χ3n) is 4.35. The highest BCUT2D eigenvalue weighted by atomic mass is 35.5. The molecule has 1 amide bonds. The number of anilines is 1. The Hall–Kier alpha value is -3.07. The number of pyridine rings is 1. The Morgan fingerprint density at radius 2 is 2.00 bits per heavy atom. The van der Waals surface area contributed by atoms with E-state index < -0.39 is 6.11 Å². The third kappa shape index (κ3) is 4.34. The van der Waals surface area contributed by atoms with Crippen molar-refractivity contribution in [1.82, 2.24) is 15.1 Å². The summed E-state index contributed by atoms with van der Waals surface area (Å²) in [6.07, 6.45) is -1.50. The molecule has 7 nitrogen and oxygen atoms in total. The van der Waals surface area contributed by atoms with E-state index in [1.54, 1.807) is 29.2 Å². The zero-order chi connectivity index (χ0) is 20.6. The number of carbonyl (C=O) groups excluding carboxylic acids is 1. The Morgan fingerprint density at radius 3 is 2.66 bits per heavy atom. The first kappa shape index (κ1) is 19.3. The quantitative estimate of drug-likeness (QED) is 0.572. The van der Waals surface area contributed by atoms with Crippen LogP contribution in [0.2, 0.25) is 5.15 Å². The van der Waals surface area contributed by atoms with E-state index in [-0.39, 0.29) is 24.0 Å². The van der Waals surface area contributed by atoms with Gasteiger partial charge in [0.1, 0.15) is 10.9 Å². The van der Waals surface area contributed by atoms with Crippen molar-refractivity contribution in [2.24, 2.45) is 0 Å². The van der Waals surface area contributed by atoms with Gasteiger partial charge in [-0.05, 0) is 36.4 Å². The molecule has 1 saturated heterocycles. The van der Waals surface area contributed by atoms with Crippen LogP contribution in [0.4, 0.5) is 14.5 Å². The highest BCUT2D eigenvalue weighted by molar-refractivity contribution is 6.29. The normalized spacial score (nSPS) is 17.0. The monoisotopic (exact) mass is 420 g/mol. The molecule has 0 saturated carbocycles. The standard InChI is InChI=1S/C19H15ClF2N4O3/c1-19(21,22)28-14-5-2-11(3-6-14)17-24-18(29-25-17)12-8-16(27)26(10-12)13-4-7-15(20)23-9-13/h2-7,9,12H,8,10H2,1H3. The average molecular weight is 421 g/mol. The second-order valence-corrected chi connectivity index (χ2v) is 7.02. The molecule has 1 aromatic carbocycles. The number of hydrogen-bond donors (Lipinski definition) is 0. The topological polar surface area (TPSA) is 81.4 Å². The van der Waals surface area contributed by atoms with E-state index in [4.69, 9.17) is 16.1 Å². The third-order valence-corrected chi connectivity index (χ3v) is 4.57. The van der Waals surface area contributed by atoms with Gasteiger partial charge < -0.3 is 14.2 Å². The number of hydrogen-bond acceptors (Lipinski definition) is 6. The number of halogens is 3. The van der Waals surface area contributed by atoms with Gasteiger partial charge in [0.25, 0.3) is 0 Å². The maximum absolute atomic E-state index is 12.9. The van der Waals surface area contributed by atoms with Crippen LogP contribution in [-0.4, -0.2) is 33.7 Å². The fourth-order valence-electron chi connectivity index (χ4n) is 3.05. The van der Waals surface area contributed by atoms with Gasteiger partial charge in [-0.25, -0.2) is 4.98 Å². The number of ether oxygens (including phenoxy) is 1. The van der Waals surface area contributed by atoms with Gasteiger partial charge in [0.15, 0.2) is 0 Å². The lowest BCUT2D eigenvalue weighted by Crippen LogP contribution is -2.24. The molecule has 0 N–H and O–H groups in total. The predicted molar refractivity (Wildman–Crippen MR) is 99.9 cm³/mol. The fourth-order valence-corrected chi connectivity index (χ4v) is 3.16. The summed E-state index contributed by atoms with van der Waals surface area (Å²) >= 11 is 5.79. The van der Waals surface area contributed by atoms with Crippen molar-refractivity contribution in [3.63, 3.8) is 0 Å². The van der Waals surface area contributed by atoms with Crippen molar-refractivity contribution >= 4 is 23.2 Å². The molecule has 1 aliphatic rings. The van der Waals surface area contributed by atoms with E-state index in [2.05, 4.69) is 19.9 Å². The second kappa shape index (κ2) is 7.40. The highest BCUT2D eigenvalue weighted by Crippen LogP contribution is 2.32. The van der Waals surface area contributed by atoms with E-state index in [1.807, 2.05) is 0 Å². The van der Waals surface area contributed by atoms with Crippen molar-refractivity contribution in [3.8, 4) is 17.1 Å². The van der Waals surface area contributed by atoms with Crippen LogP contribution < -0.4 is 9.64 Å². The molecule has 2 aromatic heterocycles. The molecule has 3 heterocycles. The first-order valence-corrected chi connectivity index (χ1v) is 9.09. The predicted octanol–water partition coefficient (Wildman–Crippen LogP) is 4.30. The van der Waals surface area contributed by atoms with E-state index in [0.29, 0.717) is 41.6 Å². The van der Waals surface area contributed by atoms with Gasteiger partial charge >= 0.3 is 6.11 Å². The SMILES string of the molecule is CC(F)(F)Oc1ccc(-c2noc(C3CC(=O)N(c4ccc(Cl)nc4)C3)n2)cc1. The van der Waals surface area contributed by atoms with Crippen molar-refractivity contribution in [2.75, 3.05) is 11.4 Å². The molecular formula is C19H15ClF2N4O3. The second-order valence-electron chi connectivity index (χ2n) is 6.63. The number of rotatable bonds is 5. The molecule has 0 bridgehead atoms. The lowest BCUT2D eigenvalue weighted by molar-refractivity contribution is -0.158. The van der Waals surface area contributed by atoms with Crippen LogP contribution >= 0.6 is 11.6 Å². The Morgan fingerprint density at radius 1 is 1.24 bits per heavy atom. The Balaban J connectivity index is 1.48. The molecule has 29 heavy (non-hydrogen) atoms. The minimum Gasteiger partial charge on any atom is -0.433 e. The summed E-state index contributed by atoms with van der Waals surface area (Å²) < 4.78 is 35.7. The van der Waals surface area contributed by atoms with Gasteiger partial charge in [0, 0.05) is 25.5 Å². The number of aromatic nitrogens is 3. The minimum atomic E-state index is -3.26. The average Bonchev–Trinajstić information content (AvgIpc) is 3.29. The van der Waals surface area contributed by atoms with Crippen molar-refractivity contribution in [3.05, 3.63) is 53.6 Å². The fraction of sp³-hybridized carbons (Fsp3) is 0.263. The van der Waals surface area contributed by atoms with E-state index in [1.165, 1.54) is 18.3 Å². The number of benzene rings is 1. The van der Waals surface area contributed by atoms with Crippen LogP contribution in [0.5, 0.6) is 5.75 Å². The van der Waals surface area contributed by atoms with E-state index in [0.717, 1.165) is 0 Å². The van der Waals surface area contributed by atoms with E-state index in [9.17, 15) is 13.6 Å². The molecule has 1 fully saturated rings. The van der Waals surface area contributed by atoms with Gasteiger partial charge in [-0.2, -0.15) is 13.8 Å². The number of carbonyl (C=O) groups is 1. The summed E-state index contributed by atoms with van der Waals surface area (Å²) in [4.78, 5) is 22.3. The van der Waals surface area contributed by atoms with Crippen molar-refractivity contribution < 1.29 is 22.8 Å². The van der Waals surface area contributed by atoms with Gasteiger partial charge in [-0.15, -0.1) is 0 Å². The van der Waals surface area contributed by atoms with Crippen LogP contribution in [-0.2, 0) is 4.79 Å². The van der Waals surface area contributed by atoms with Gasteiger partial charge in [-0.1, -0.05) is 16.8 Å². The van der Waals surface area contributed by atoms with E-state index >= 15 is 0 Å². The van der Waals surface area contributed by atoms with Crippen LogP contribution in [0.1, 0.15) is 25.2 Å². The lowest BCUT2D eigenvalue weighted by Gasteiger charge is -2.15. The zero-order valence-corrected chi connectivity index (χ0v) is 15.9. The van der Waals surface area contributed by atoms with Crippen LogP contribution in [0.15, 0.2) is 47.1 Å². The molecule has 1 atom stereocenters. The smallest absolute Gasteiger partial charge is 0.394 e. The summed E-state index contributed by atoms with van der Waals surface area (Å²) in [6, 6.07) is 9.25. The van der Waals surface area contributed by atoms with Gasteiger partial charge in [0.2, 0.25) is 17.6 Å². The van der Waals surface area contributed by atoms with Gasteiger partial charge in [-0.3, -0.25) is 4.79 Å². The zero-order valence-electron chi connectivity index (χ0n) is 15.2. The first-order chi connectivity index (χ1) is 13.8. The minimum absolute atomic E-state index is 0.0265. The molecule has 3 aromatic rings. The number of alkyl halides is 2. The van der Waals surface area contributed by atoms with Crippen LogP contribution in [0, 0.1) is 0 Å². The summed E-state index contributed by atoms with van der Waals surface area (Å²) in [5.74, 6) is 0.312. The van der Waals surface area contributed by atoms with Crippen LogP contribution in [0.3, 0.4) is 0 Å². The van der Waals surface area contributed by atoms with Crippen molar-refractivity contribution in [1.29, 1.82) is 0 Å². The Bertz CT molecular complexity index is 1020. The Labute approximate surface area is 169 Å². The number of nitrogens with zero attached hydrogens (tertiary/aromatic N) is 4. The van der Waals surface area contributed by atoms with Crippen molar-refractivity contribution in [2.45, 2.75) is 25.4 Å². The summed E-state index contributed by atoms with van der Waals surface area (Å²) in [5, 5.41) is 4.28. The summed E-state index contributed by atoms with van der Waals surface area (Å²) in [5.41, 5.74) is 1.22. The van der Waals surface area contributed by atoms with Crippen LogP contribution in [0.25, 0.3) is 11.4 Å². The molecule has 0 radical (unpaired) electrons. The molecule has 150 valence electrons. The maximum Gasteiger partial charge on any atom is 0.394 e. The number of amides is 1.